The van der Waals surface area contributed by atoms with Gasteiger partial charge in [0.15, 0.2) is 0 Å². The summed E-state index contributed by atoms with van der Waals surface area (Å²) >= 11 is 0. The molecule has 0 aromatic rings. The van der Waals surface area contributed by atoms with E-state index in [9.17, 15) is 0 Å². The lowest BCUT2D eigenvalue weighted by Crippen LogP contribution is -2.32. The first-order valence-corrected chi connectivity index (χ1v) is 5.83. The first-order valence-electron chi connectivity index (χ1n) is 5.83. The van der Waals surface area contributed by atoms with Crippen molar-refractivity contribution < 1.29 is 0 Å². The molecule has 2 saturated carbocycles. The maximum atomic E-state index is 5.67. The Bertz CT molecular complexity index is 152. The van der Waals surface area contributed by atoms with E-state index in [2.05, 4.69) is 5.32 Å². The highest BCUT2D eigenvalue weighted by atomic mass is 14.9. The average molecular weight is 182 g/mol. The monoisotopic (exact) mass is 182 g/mol. The van der Waals surface area contributed by atoms with Gasteiger partial charge in [0, 0.05) is 6.04 Å². The number of nitrogens with two attached hydrogens (primary N) is 1. The van der Waals surface area contributed by atoms with Crippen LogP contribution in [0.15, 0.2) is 0 Å². The lowest BCUT2D eigenvalue weighted by molar-refractivity contribution is 0.168. The van der Waals surface area contributed by atoms with Crippen molar-refractivity contribution in [1.82, 2.24) is 5.32 Å². The highest BCUT2D eigenvalue weighted by molar-refractivity contribution is 4.83. The van der Waals surface area contributed by atoms with Crippen LogP contribution in [0.3, 0.4) is 0 Å². The highest BCUT2D eigenvalue weighted by Gasteiger charge is 2.28. The first kappa shape index (κ1) is 9.47. The van der Waals surface area contributed by atoms with Gasteiger partial charge in [-0.2, -0.15) is 0 Å². The van der Waals surface area contributed by atoms with E-state index in [1.807, 2.05) is 0 Å². The molecule has 2 fully saturated rings. The van der Waals surface area contributed by atoms with Crippen molar-refractivity contribution >= 4 is 0 Å². The Kier molecular flexibility index (Phi) is 3.23. The summed E-state index contributed by atoms with van der Waals surface area (Å²) in [5, 5.41) is 3.56. The minimum atomic E-state index is 0.862. The number of hydrogen-bond donors (Lipinski definition) is 2. The molecular weight excluding hydrogens is 160 g/mol. The predicted octanol–water partition coefficient (Wildman–Crippen LogP) is 1.50. The second-order valence-corrected chi connectivity index (χ2v) is 4.70. The molecule has 2 nitrogen and oxygen atoms in total. The molecule has 0 amide bonds. The van der Waals surface area contributed by atoms with Crippen LogP contribution in [0.5, 0.6) is 0 Å². The van der Waals surface area contributed by atoms with Gasteiger partial charge in [-0.05, 0) is 63.5 Å². The molecule has 13 heavy (non-hydrogen) atoms. The van der Waals surface area contributed by atoms with Crippen LogP contribution in [-0.2, 0) is 0 Å². The van der Waals surface area contributed by atoms with Crippen molar-refractivity contribution in [3.8, 4) is 0 Å². The number of rotatable bonds is 6. The van der Waals surface area contributed by atoms with Crippen LogP contribution >= 0.6 is 0 Å². The number of hydrogen-bond acceptors (Lipinski definition) is 2. The van der Waals surface area contributed by atoms with Crippen LogP contribution in [-0.4, -0.2) is 19.1 Å². The summed E-state index contributed by atoms with van der Waals surface area (Å²) < 4.78 is 0. The summed E-state index contributed by atoms with van der Waals surface area (Å²) in [4.78, 5) is 0. The average Bonchev–Trinajstić information content (AvgIpc) is 2.86. The topological polar surface area (TPSA) is 38.0 Å². The lowest BCUT2D eigenvalue weighted by Gasteiger charge is -2.35. The second-order valence-electron chi connectivity index (χ2n) is 4.70. The van der Waals surface area contributed by atoms with Gasteiger partial charge < -0.3 is 11.1 Å². The molecule has 0 saturated heterocycles. The summed E-state index contributed by atoms with van der Waals surface area (Å²) in [6.07, 6.45) is 8.41. The minimum Gasteiger partial charge on any atom is -0.330 e. The van der Waals surface area contributed by atoms with E-state index in [-0.39, 0.29) is 0 Å². The third kappa shape index (κ3) is 2.68. The summed E-state index contributed by atoms with van der Waals surface area (Å²) in [7, 11) is 0. The van der Waals surface area contributed by atoms with Gasteiger partial charge in [-0.3, -0.25) is 0 Å². The molecule has 2 atom stereocenters. The van der Waals surface area contributed by atoms with Crippen LogP contribution in [0.25, 0.3) is 0 Å². The third-order valence-corrected chi connectivity index (χ3v) is 3.64. The summed E-state index contributed by atoms with van der Waals surface area (Å²) in [5.74, 6) is 1.83. The summed E-state index contributed by atoms with van der Waals surface area (Å²) in [6, 6.07) is 0.881. The molecule has 2 rings (SSSR count). The van der Waals surface area contributed by atoms with E-state index < -0.39 is 0 Å². The van der Waals surface area contributed by atoms with Gasteiger partial charge in [-0.15, -0.1) is 0 Å². The van der Waals surface area contributed by atoms with E-state index in [1.54, 1.807) is 0 Å². The van der Waals surface area contributed by atoms with Crippen molar-refractivity contribution in [2.45, 2.75) is 44.6 Å². The van der Waals surface area contributed by atoms with Crippen LogP contribution in [0.1, 0.15) is 38.5 Å². The number of nitrogens with one attached hydrogen (secondary N) is 1. The Hall–Kier alpha value is -0.0800. The van der Waals surface area contributed by atoms with Gasteiger partial charge in [0.2, 0.25) is 0 Å². The smallest absolute Gasteiger partial charge is 0.00682 e. The fourth-order valence-corrected chi connectivity index (χ4v) is 2.29. The Morgan fingerprint density at radius 3 is 2.38 bits per heavy atom. The van der Waals surface area contributed by atoms with Crippen molar-refractivity contribution in [1.29, 1.82) is 0 Å². The molecule has 2 aliphatic carbocycles. The Morgan fingerprint density at radius 2 is 1.85 bits per heavy atom. The van der Waals surface area contributed by atoms with E-state index in [1.165, 1.54) is 45.1 Å². The fraction of sp³-hybridized carbons (Fsp3) is 1.00. The van der Waals surface area contributed by atoms with Gasteiger partial charge in [0.05, 0.1) is 0 Å². The maximum absolute atomic E-state index is 5.67. The zero-order valence-corrected chi connectivity index (χ0v) is 8.47. The molecule has 0 aromatic carbocycles. The molecule has 0 heterocycles. The molecule has 2 aliphatic rings. The zero-order chi connectivity index (χ0) is 9.10. The minimum absolute atomic E-state index is 0.862. The molecule has 0 spiro atoms. The van der Waals surface area contributed by atoms with Gasteiger partial charge in [-0.25, -0.2) is 0 Å². The van der Waals surface area contributed by atoms with Crippen LogP contribution in [0, 0.1) is 11.8 Å². The fourth-order valence-electron chi connectivity index (χ4n) is 2.29. The first-order chi connectivity index (χ1) is 6.40. The maximum Gasteiger partial charge on any atom is 0.00682 e. The van der Waals surface area contributed by atoms with Crippen molar-refractivity contribution in [3.63, 3.8) is 0 Å². The highest BCUT2D eigenvalue weighted by Crippen LogP contribution is 2.36. The van der Waals surface area contributed by atoms with Gasteiger partial charge in [0.25, 0.3) is 0 Å². The quantitative estimate of drug-likeness (QED) is 0.611. The Morgan fingerprint density at radius 1 is 1.08 bits per heavy atom. The summed E-state index contributed by atoms with van der Waals surface area (Å²) in [6.45, 7) is 2.15. The molecule has 76 valence electrons. The van der Waals surface area contributed by atoms with E-state index in [4.69, 9.17) is 5.73 Å². The summed E-state index contributed by atoms with van der Waals surface area (Å²) in [5.41, 5.74) is 5.67. The normalized spacial score (nSPS) is 33.0. The van der Waals surface area contributed by atoms with Gasteiger partial charge in [0.1, 0.15) is 0 Å². The lowest BCUT2D eigenvalue weighted by atomic mass is 9.71. The van der Waals surface area contributed by atoms with Crippen LogP contribution in [0.4, 0.5) is 0 Å². The van der Waals surface area contributed by atoms with Gasteiger partial charge in [-0.1, -0.05) is 0 Å². The largest absolute Gasteiger partial charge is 0.330 e. The van der Waals surface area contributed by atoms with E-state index in [0.717, 1.165) is 24.4 Å². The molecule has 2 unspecified atom stereocenters. The van der Waals surface area contributed by atoms with Crippen LogP contribution in [0.2, 0.25) is 0 Å². The van der Waals surface area contributed by atoms with E-state index in [0.29, 0.717) is 0 Å². The Labute approximate surface area is 81.3 Å². The molecule has 2 heteroatoms. The molecule has 0 aromatic heterocycles. The molecule has 3 N–H and O–H groups in total. The van der Waals surface area contributed by atoms with Crippen molar-refractivity contribution in [2.24, 2.45) is 17.6 Å². The predicted molar refractivity (Wildman–Crippen MR) is 55.5 cm³/mol. The van der Waals surface area contributed by atoms with E-state index >= 15 is 0 Å². The third-order valence-electron chi connectivity index (χ3n) is 3.64. The molecular formula is C11H22N2. The molecule has 0 radical (unpaired) electrons. The second kappa shape index (κ2) is 4.43. The van der Waals surface area contributed by atoms with Gasteiger partial charge >= 0.3 is 0 Å². The molecule has 0 aliphatic heterocycles. The standard InChI is InChI=1S/C11H22N2/c12-8-10-4-3-9(10)2-1-7-13-11-5-6-11/h9-11,13H,1-8,12H2. The van der Waals surface area contributed by atoms with Crippen LogP contribution < -0.4 is 11.1 Å². The van der Waals surface area contributed by atoms with Crippen molar-refractivity contribution in [3.05, 3.63) is 0 Å². The Balaban J connectivity index is 1.47. The van der Waals surface area contributed by atoms with Crippen molar-refractivity contribution in [2.75, 3.05) is 13.1 Å². The zero-order valence-electron chi connectivity index (χ0n) is 8.47. The molecule has 0 bridgehead atoms. The SMILES string of the molecule is NCC1CCC1CCCNC1CC1.